The van der Waals surface area contributed by atoms with Crippen molar-refractivity contribution in [2.24, 2.45) is 5.92 Å². The third-order valence-electron chi connectivity index (χ3n) is 6.82. The van der Waals surface area contributed by atoms with E-state index in [1.165, 1.54) is 23.8 Å². The Labute approximate surface area is 198 Å². The number of carbonyl (C=O) groups is 2. The van der Waals surface area contributed by atoms with E-state index in [1.807, 2.05) is 12.1 Å². The third kappa shape index (κ3) is 6.47. The van der Waals surface area contributed by atoms with Crippen LogP contribution in [0.2, 0.25) is 0 Å². The molecule has 2 aliphatic rings. The van der Waals surface area contributed by atoms with E-state index in [4.69, 9.17) is 0 Å². The SMILES string of the molecule is O=C(CCCCN1CCC(c2cccc(NC(=O)C3CC3)c2)CC1)c1ccccc1C(F)(F)F. The molecular formula is C27H31F3N2O2. The molecule has 0 spiro atoms. The molecule has 1 saturated heterocycles. The van der Waals surface area contributed by atoms with Crippen LogP contribution >= 0.6 is 0 Å². The molecule has 182 valence electrons. The number of ketones is 1. The highest BCUT2D eigenvalue weighted by atomic mass is 19.4. The molecule has 0 bridgehead atoms. The van der Waals surface area contributed by atoms with Gasteiger partial charge < -0.3 is 10.2 Å². The molecule has 0 radical (unpaired) electrons. The summed E-state index contributed by atoms with van der Waals surface area (Å²) in [5.41, 5.74) is 1.04. The maximum Gasteiger partial charge on any atom is 0.417 e. The first-order chi connectivity index (χ1) is 16.3. The first-order valence-electron chi connectivity index (χ1n) is 12.1. The Morgan fingerprint density at radius 3 is 2.38 bits per heavy atom. The van der Waals surface area contributed by atoms with Crippen molar-refractivity contribution in [3.05, 3.63) is 65.2 Å². The fourth-order valence-electron chi connectivity index (χ4n) is 4.68. The van der Waals surface area contributed by atoms with Gasteiger partial charge in [-0.25, -0.2) is 0 Å². The highest BCUT2D eigenvalue weighted by molar-refractivity contribution is 5.97. The molecule has 4 rings (SSSR count). The number of alkyl halides is 3. The van der Waals surface area contributed by atoms with Crippen molar-refractivity contribution in [3.8, 4) is 0 Å². The lowest BCUT2D eigenvalue weighted by Gasteiger charge is -2.32. The number of unbranched alkanes of at least 4 members (excludes halogenated alkanes) is 1. The Kier molecular flexibility index (Phi) is 7.71. The van der Waals surface area contributed by atoms with E-state index in [0.29, 0.717) is 12.3 Å². The lowest BCUT2D eigenvalue weighted by molar-refractivity contribution is -0.137. The molecule has 7 heteroatoms. The highest BCUT2D eigenvalue weighted by Crippen LogP contribution is 2.34. The van der Waals surface area contributed by atoms with Crippen molar-refractivity contribution in [2.45, 2.75) is 57.0 Å². The summed E-state index contributed by atoms with van der Waals surface area (Å²) >= 11 is 0. The first-order valence-corrected chi connectivity index (χ1v) is 12.1. The van der Waals surface area contributed by atoms with Gasteiger partial charge in [0.15, 0.2) is 5.78 Å². The van der Waals surface area contributed by atoms with Crippen LogP contribution in [0.1, 0.15) is 72.3 Å². The average Bonchev–Trinajstić information content (AvgIpc) is 3.67. The standard InChI is InChI=1S/C27H31F3N2O2/c28-27(29,30)24-9-2-1-8-23(24)25(33)10-3-4-15-32-16-13-19(14-17-32)21-6-5-7-22(18-21)31-26(34)20-11-12-20/h1-2,5-9,18-20H,3-4,10-17H2,(H,31,34). The summed E-state index contributed by atoms with van der Waals surface area (Å²) in [6.45, 7) is 2.75. The van der Waals surface area contributed by atoms with Crippen LogP contribution in [-0.4, -0.2) is 36.2 Å². The van der Waals surface area contributed by atoms with Crippen molar-refractivity contribution in [1.82, 2.24) is 4.90 Å². The van der Waals surface area contributed by atoms with Gasteiger partial charge in [0.25, 0.3) is 0 Å². The van der Waals surface area contributed by atoms with Gasteiger partial charge in [-0.1, -0.05) is 30.3 Å². The van der Waals surface area contributed by atoms with Crippen LogP contribution in [-0.2, 0) is 11.0 Å². The number of anilines is 1. The van der Waals surface area contributed by atoms with Crippen molar-refractivity contribution in [1.29, 1.82) is 0 Å². The summed E-state index contributed by atoms with van der Waals surface area (Å²) in [6.07, 6.45) is 0.997. The molecule has 1 aliphatic carbocycles. The van der Waals surface area contributed by atoms with Gasteiger partial charge in [-0.15, -0.1) is 0 Å². The van der Waals surface area contributed by atoms with E-state index in [2.05, 4.69) is 22.3 Å². The Morgan fingerprint density at radius 2 is 1.68 bits per heavy atom. The predicted octanol–water partition coefficient (Wildman–Crippen LogP) is 6.29. The molecule has 1 aliphatic heterocycles. The van der Waals surface area contributed by atoms with E-state index in [9.17, 15) is 22.8 Å². The molecule has 2 fully saturated rings. The van der Waals surface area contributed by atoms with E-state index in [-0.39, 0.29) is 23.8 Å². The lowest BCUT2D eigenvalue weighted by atomic mass is 9.89. The smallest absolute Gasteiger partial charge is 0.326 e. The number of nitrogens with one attached hydrogen (secondary N) is 1. The van der Waals surface area contributed by atoms with Crippen LogP contribution in [0.15, 0.2) is 48.5 Å². The Morgan fingerprint density at radius 1 is 0.941 bits per heavy atom. The highest BCUT2D eigenvalue weighted by Gasteiger charge is 2.34. The maximum atomic E-state index is 13.1. The molecule has 0 aromatic heterocycles. The Bertz CT molecular complexity index is 1010. The minimum absolute atomic E-state index is 0.118. The number of rotatable bonds is 9. The summed E-state index contributed by atoms with van der Waals surface area (Å²) in [4.78, 5) is 26.7. The van der Waals surface area contributed by atoms with Gasteiger partial charge in [-0.3, -0.25) is 9.59 Å². The predicted molar refractivity (Wildman–Crippen MR) is 126 cm³/mol. The minimum Gasteiger partial charge on any atom is -0.326 e. The van der Waals surface area contributed by atoms with E-state index < -0.39 is 17.5 Å². The van der Waals surface area contributed by atoms with Gasteiger partial charge in [0.05, 0.1) is 5.56 Å². The Hall–Kier alpha value is -2.67. The van der Waals surface area contributed by atoms with Crippen LogP contribution in [0.5, 0.6) is 0 Å². The van der Waals surface area contributed by atoms with Crippen LogP contribution in [0.25, 0.3) is 0 Å². The second-order valence-corrected chi connectivity index (χ2v) is 9.43. The van der Waals surface area contributed by atoms with Crippen LogP contribution in [0.3, 0.4) is 0 Å². The number of piperidine rings is 1. The molecule has 1 heterocycles. The average molecular weight is 473 g/mol. The number of hydrogen-bond acceptors (Lipinski definition) is 3. The summed E-state index contributed by atoms with van der Waals surface area (Å²) in [5, 5.41) is 3.02. The normalized spacial score (nSPS) is 17.5. The number of carbonyl (C=O) groups excluding carboxylic acids is 2. The van der Waals surface area contributed by atoms with Crippen LogP contribution in [0.4, 0.5) is 18.9 Å². The monoisotopic (exact) mass is 472 g/mol. The van der Waals surface area contributed by atoms with E-state index in [0.717, 1.165) is 63.5 Å². The van der Waals surface area contributed by atoms with Crippen molar-refractivity contribution in [2.75, 3.05) is 25.0 Å². The third-order valence-corrected chi connectivity index (χ3v) is 6.82. The maximum absolute atomic E-state index is 13.1. The largest absolute Gasteiger partial charge is 0.417 e. The van der Waals surface area contributed by atoms with Crippen molar-refractivity contribution < 1.29 is 22.8 Å². The molecular weight excluding hydrogens is 441 g/mol. The molecule has 0 atom stereocenters. The van der Waals surface area contributed by atoms with Gasteiger partial charge in [0.2, 0.25) is 5.91 Å². The zero-order valence-electron chi connectivity index (χ0n) is 19.2. The number of nitrogens with zero attached hydrogens (tertiary/aromatic N) is 1. The Balaban J connectivity index is 1.19. The number of halogens is 3. The van der Waals surface area contributed by atoms with Crippen molar-refractivity contribution >= 4 is 17.4 Å². The second-order valence-electron chi connectivity index (χ2n) is 9.43. The number of amides is 1. The molecule has 1 saturated carbocycles. The zero-order chi connectivity index (χ0) is 24.1. The van der Waals surface area contributed by atoms with Crippen molar-refractivity contribution in [3.63, 3.8) is 0 Å². The molecule has 0 unspecified atom stereocenters. The van der Waals surface area contributed by atoms with E-state index in [1.54, 1.807) is 0 Å². The number of likely N-dealkylation sites (tertiary alicyclic amines) is 1. The molecule has 1 N–H and O–H groups in total. The number of Topliss-reactive ketones (excluding diaryl/α,β-unsaturated/α-hetero) is 1. The number of hydrogen-bond donors (Lipinski definition) is 1. The molecule has 2 aromatic rings. The minimum atomic E-state index is -4.51. The van der Waals surface area contributed by atoms with E-state index >= 15 is 0 Å². The fraction of sp³-hybridized carbons (Fsp3) is 0.481. The summed E-state index contributed by atoms with van der Waals surface area (Å²) in [7, 11) is 0. The molecule has 34 heavy (non-hydrogen) atoms. The lowest BCUT2D eigenvalue weighted by Crippen LogP contribution is -2.33. The van der Waals surface area contributed by atoms with Crippen LogP contribution < -0.4 is 5.32 Å². The first kappa shape index (κ1) is 24.5. The van der Waals surface area contributed by atoms with Gasteiger partial charge in [0, 0.05) is 23.6 Å². The topological polar surface area (TPSA) is 49.4 Å². The van der Waals surface area contributed by atoms with Crippen LogP contribution in [0, 0.1) is 5.92 Å². The summed E-state index contributed by atoms with van der Waals surface area (Å²) < 4.78 is 39.4. The molecule has 1 amide bonds. The second kappa shape index (κ2) is 10.7. The van der Waals surface area contributed by atoms with Gasteiger partial charge >= 0.3 is 6.18 Å². The summed E-state index contributed by atoms with van der Waals surface area (Å²) in [6, 6.07) is 13.2. The van der Waals surface area contributed by atoms with Gasteiger partial charge in [-0.2, -0.15) is 13.2 Å². The van der Waals surface area contributed by atoms with Gasteiger partial charge in [0.1, 0.15) is 0 Å². The summed E-state index contributed by atoms with van der Waals surface area (Å²) in [5.74, 6) is 0.309. The zero-order valence-corrected chi connectivity index (χ0v) is 19.2. The molecule has 2 aromatic carbocycles. The molecule has 4 nitrogen and oxygen atoms in total. The quantitative estimate of drug-likeness (QED) is 0.345. The number of benzene rings is 2. The fourth-order valence-corrected chi connectivity index (χ4v) is 4.68. The van der Waals surface area contributed by atoms with Gasteiger partial charge in [-0.05, 0) is 87.8 Å².